The van der Waals surface area contributed by atoms with Gasteiger partial charge in [0.15, 0.2) is 13.2 Å². The largest absolute Gasteiger partial charge is 0.526 e. The van der Waals surface area contributed by atoms with E-state index in [2.05, 4.69) is 19.1 Å². The lowest BCUT2D eigenvalue weighted by molar-refractivity contribution is -0.329. The molecule has 0 saturated carbocycles. The summed E-state index contributed by atoms with van der Waals surface area (Å²) in [5, 5.41) is 0. The van der Waals surface area contributed by atoms with Gasteiger partial charge in [0, 0.05) is 0 Å². The summed E-state index contributed by atoms with van der Waals surface area (Å²) >= 11 is 0. The van der Waals surface area contributed by atoms with E-state index < -0.39 is 33.4 Å². The van der Waals surface area contributed by atoms with Gasteiger partial charge in [0.1, 0.15) is 0 Å². The third-order valence-electron chi connectivity index (χ3n) is 0.739. The third-order valence-corrected chi connectivity index (χ3v) is 1.33. The molecule has 0 radical (unpaired) electrons. The molecule has 0 aromatic heterocycles. The molecule has 0 fully saturated rings. The first-order valence-electron chi connectivity index (χ1n) is 3.50. The first-order chi connectivity index (χ1) is 7.41. The summed E-state index contributed by atoms with van der Waals surface area (Å²) in [6.07, 6.45) is -9.71. The Kier molecular flexibility index (Phi) is 5.84. The zero-order chi connectivity index (χ0) is 13.7. The lowest BCUT2D eigenvalue weighted by Gasteiger charge is -2.11. The molecule has 104 valence electrons. The molecule has 0 spiro atoms. The molecule has 0 saturated heterocycles. The Hall–Kier alpha value is -0.390. The first-order valence-corrected chi connectivity index (χ1v) is 4.99. The molecule has 0 amide bonds. The molecular formula is C4H5F6O6P. The van der Waals surface area contributed by atoms with Gasteiger partial charge in [-0.3, -0.25) is 4.89 Å². The Labute approximate surface area is 89.5 Å². The average Bonchev–Trinajstić information content (AvgIpc) is 1.96. The van der Waals surface area contributed by atoms with Crippen LogP contribution in [-0.2, 0) is 23.7 Å². The van der Waals surface area contributed by atoms with Crippen LogP contribution in [-0.4, -0.2) is 30.5 Å². The predicted molar refractivity (Wildman–Crippen MR) is 36.0 cm³/mol. The molecule has 0 aliphatic carbocycles. The summed E-state index contributed by atoms with van der Waals surface area (Å²) in [5.41, 5.74) is 0. The number of alkyl halides is 6. The minimum absolute atomic E-state index is 2.06. The van der Waals surface area contributed by atoms with Gasteiger partial charge in [-0.05, 0) is 0 Å². The van der Waals surface area contributed by atoms with Crippen molar-refractivity contribution in [1.82, 2.24) is 0 Å². The molecule has 0 aliphatic rings. The standard InChI is InChI=1S/C4H5F6O6P/c5-3(6,7)1-13-15-17(11,12)16-14-2-4(8,9)10/h1-2H2,(H,11,12). The van der Waals surface area contributed by atoms with Gasteiger partial charge in [-0.1, -0.05) is 0 Å². The van der Waals surface area contributed by atoms with Crippen LogP contribution >= 0.6 is 7.82 Å². The highest BCUT2D eigenvalue weighted by atomic mass is 31.2. The van der Waals surface area contributed by atoms with E-state index in [1.807, 2.05) is 0 Å². The van der Waals surface area contributed by atoms with Crippen molar-refractivity contribution in [1.29, 1.82) is 0 Å². The molecule has 13 heteroatoms. The number of hydrogen-bond donors (Lipinski definition) is 1. The number of phosphoric acid groups is 1. The SMILES string of the molecule is O=P(O)(OOCC(F)(F)F)OOCC(F)(F)F. The Morgan fingerprint density at radius 3 is 1.41 bits per heavy atom. The molecular weight excluding hydrogens is 289 g/mol. The normalized spacial score (nSPS) is 14.1. The van der Waals surface area contributed by atoms with Gasteiger partial charge in [-0.25, -0.2) is 14.3 Å². The summed E-state index contributed by atoms with van der Waals surface area (Å²) in [7, 11) is -5.31. The second kappa shape index (κ2) is 5.98. The molecule has 0 heterocycles. The smallest absolute Gasteiger partial charge is 0.299 e. The van der Waals surface area contributed by atoms with Crippen LogP contribution in [0.5, 0.6) is 0 Å². The van der Waals surface area contributed by atoms with Gasteiger partial charge in [0.25, 0.3) is 0 Å². The van der Waals surface area contributed by atoms with Crippen LogP contribution in [0.1, 0.15) is 0 Å². The summed E-state index contributed by atoms with van der Waals surface area (Å²) in [6.45, 7) is -4.11. The summed E-state index contributed by atoms with van der Waals surface area (Å²) in [5.74, 6) is 0. The van der Waals surface area contributed by atoms with E-state index >= 15 is 0 Å². The van der Waals surface area contributed by atoms with E-state index in [0.717, 1.165) is 0 Å². The molecule has 17 heavy (non-hydrogen) atoms. The quantitative estimate of drug-likeness (QED) is 0.350. The van der Waals surface area contributed by atoms with E-state index in [9.17, 15) is 30.9 Å². The van der Waals surface area contributed by atoms with Crippen LogP contribution < -0.4 is 0 Å². The highest BCUT2D eigenvalue weighted by Crippen LogP contribution is 2.44. The molecule has 0 bridgehead atoms. The van der Waals surface area contributed by atoms with E-state index in [-0.39, 0.29) is 0 Å². The predicted octanol–water partition coefficient (Wildman–Crippen LogP) is 2.11. The zero-order valence-electron chi connectivity index (χ0n) is 7.62. The van der Waals surface area contributed by atoms with Crippen molar-refractivity contribution in [3.8, 4) is 0 Å². The van der Waals surface area contributed by atoms with Crippen LogP contribution in [0.25, 0.3) is 0 Å². The van der Waals surface area contributed by atoms with E-state index in [1.165, 1.54) is 0 Å². The lowest BCUT2D eigenvalue weighted by atomic mass is 10.7. The van der Waals surface area contributed by atoms with Crippen molar-refractivity contribution in [2.24, 2.45) is 0 Å². The molecule has 0 aliphatic heterocycles. The second-order valence-electron chi connectivity index (χ2n) is 2.37. The maximum atomic E-state index is 11.4. The second-order valence-corrected chi connectivity index (χ2v) is 3.61. The summed E-state index contributed by atoms with van der Waals surface area (Å²) in [6, 6.07) is 0. The minimum atomic E-state index is -5.31. The molecule has 0 unspecified atom stereocenters. The number of rotatable bonds is 6. The van der Waals surface area contributed by atoms with Gasteiger partial charge >= 0.3 is 20.2 Å². The maximum Gasteiger partial charge on any atom is 0.526 e. The average molecular weight is 294 g/mol. The summed E-state index contributed by atoms with van der Waals surface area (Å²) in [4.78, 5) is 14.9. The lowest BCUT2D eigenvalue weighted by Crippen LogP contribution is -2.18. The molecule has 0 atom stereocenters. The van der Waals surface area contributed by atoms with Crippen LogP contribution in [0.15, 0.2) is 0 Å². The van der Waals surface area contributed by atoms with E-state index in [4.69, 9.17) is 4.89 Å². The summed E-state index contributed by atoms with van der Waals surface area (Å²) < 4.78 is 85.6. The van der Waals surface area contributed by atoms with Gasteiger partial charge < -0.3 is 0 Å². The zero-order valence-corrected chi connectivity index (χ0v) is 8.51. The Bertz CT molecular complexity index is 251. The van der Waals surface area contributed by atoms with Crippen molar-refractivity contribution in [2.75, 3.05) is 13.2 Å². The fourth-order valence-corrected chi connectivity index (χ4v) is 0.729. The Morgan fingerprint density at radius 2 is 1.18 bits per heavy atom. The van der Waals surface area contributed by atoms with Crippen LogP contribution in [0, 0.1) is 0 Å². The molecule has 0 rings (SSSR count). The van der Waals surface area contributed by atoms with Crippen LogP contribution in [0.4, 0.5) is 26.3 Å². The minimum Gasteiger partial charge on any atom is -0.299 e. The molecule has 0 aromatic carbocycles. The highest BCUT2D eigenvalue weighted by molar-refractivity contribution is 7.47. The van der Waals surface area contributed by atoms with E-state index in [1.54, 1.807) is 0 Å². The van der Waals surface area contributed by atoms with Crippen molar-refractivity contribution < 1.29 is 54.9 Å². The fraction of sp³-hybridized carbons (Fsp3) is 1.00. The van der Waals surface area contributed by atoms with Gasteiger partial charge in [-0.15, -0.1) is 9.35 Å². The number of halogens is 6. The highest BCUT2D eigenvalue weighted by Gasteiger charge is 2.34. The first kappa shape index (κ1) is 16.6. The Balaban J connectivity index is 3.85. The van der Waals surface area contributed by atoms with Crippen molar-refractivity contribution in [2.45, 2.75) is 12.4 Å². The Morgan fingerprint density at radius 1 is 0.882 bits per heavy atom. The van der Waals surface area contributed by atoms with Gasteiger partial charge in [0.05, 0.1) is 0 Å². The van der Waals surface area contributed by atoms with Crippen LogP contribution in [0.2, 0.25) is 0 Å². The van der Waals surface area contributed by atoms with Crippen molar-refractivity contribution in [3.63, 3.8) is 0 Å². The third kappa shape index (κ3) is 11.9. The van der Waals surface area contributed by atoms with Gasteiger partial charge in [0.2, 0.25) is 0 Å². The van der Waals surface area contributed by atoms with Crippen molar-refractivity contribution >= 4 is 7.82 Å². The molecule has 0 aromatic rings. The van der Waals surface area contributed by atoms with Crippen molar-refractivity contribution in [3.05, 3.63) is 0 Å². The monoisotopic (exact) mass is 294 g/mol. The van der Waals surface area contributed by atoms with Crippen LogP contribution in [0.3, 0.4) is 0 Å². The molecule has 1 N–H and O–H groups in total. The fourth-order valence-electron chi connectivity index (χ4n) is 0.332. The number of hydrogen-bond acceptors (Lipinski definition) is 5. The van der Waals surface area contributed by atoms with Gasteiger partial charge in [-0.2, -0.15) is 26.3 Å². The molecule has 6 nitrogen and oxygen atoms in total. The maximum absolute atomic E-state index is 11.4. The van der Waals surface area contributed by atoms with E-state index in [0.29, 0.717) is 0 Å². The topological polar surface area (TPSA) is 74.2 Å².